The molecular weight excluding hydrogens is 508 g/mol. The Morgan fingerprint density at radius 2 is 1.84 bits per heavy atom. The molecule has 31 heavy (non-hydrogen) atoms. The van der Waals surface area contributed by atoms with Gasteiger partial charge >= 0.3 is 5.97 Å². The predicted molar refractivity (Wildman–Crippen MR) is 118 cm³/mol. The Hall–Kier alpha value is -3.09. The molecule has 0 bridgehead atoms. The van der Waals surface area contributed by atoms with Gasteiger partial charge in [0, 0.05) is 5.69 Å². The highest BCUT2D eigenvalue weighted by Crippen LogP contribution is 2.27. The molecule has 0 aliphatic heterocycles. The van der Waals surface area contributed by atoms with Gasteiger partial charge in [0.15, 0.2) is 6.73 Å². The Bertz CT molecular complexity index is 1430. The van der Waals surface area contributed by atoms with Crippen LogP contribution >= 0.6 is 27.3 Å². The lowest BCUT2D eigenvalue weighted by molar-refractivity contribution is 0.0336. The van der Waals surface area contributed by atoms with Crippen LogP contribution in [0.1, 0.15) is 10.4 Å². The molecule has 0 unspecified atom stereocenters. The van der Waals surface area contributed by atoms with E-state index >= 15 is 0 Å². The first kappa shape index (κ1) is 21.2. The molecule has 0 spiro atoms. The smallest absolute Gasteiger partial charge is 0.339 e. The zero-order valence-electron chi connectivity index (χ0n) is 15.6. The summed E-state index contributed by atoms with van der Waals surface area (Å²) in [5, 5.41) is 8.04. The number of hydrogen-bond donors (Lipinski definition) is 1. The summed E-state index contributed by atoms with van der Waals surface area (Å²) in [6.45, 7) is -0.406. The van der Waals surface area contributed by atoms with Crippen LogP contribution in [-0.2, 0) is 21.5 Å². The number of sulfonamides is 1. The summed E-state index contributed by atoms with van der Waals surface area (Å²) in [7, 11) is -3.73. The van der Waals surface area contributed by atoms with Gasteiger partial charge in [0.1, 0.15) is 9.73 Å². The van der Waals surface area contributed by atoms with Crippen LogP contribution in [0, 0.1) is 0 Å². The number of aromatic nitrogens is 3. The largest absolute Gasteiger partial charge is 0.439 e. The van der Waals surface area contributed by atoms with E-state index in [2.05, 4.69) is 31.0 Å². The van der Waals surface area contributed by atoms with E-state index in [9.17, 15) is 18.0 Å². The van der Waals surface area contributed by atoms with Gasteiger partial charge in [-0.1, -0.05) is 17.3 Å². The molecule has 2 aromatic heterocycles. The highest BCUT2D eigenvalue weighted by Gasteiger charge is 2.17. The van der Waals surface area contributed by atoms with Gasteiger partial charge in [0.05, 0.1) is 14.7 Å². The van der Waals surface area contributed by atoms with Crippen LogP contribution < -0.4 is 10.3 Å². The van der Waals surface area contributed by atoms with E-state index in [1.54, 1.807) is 30.3 Å². The lowest BCUT2D eigenvalue weighted by Gasteiger charge is -2.08. The van der Waals surface area contributed by atoms with Crippen LogP contribution in [0.4, 0.5) is 5.69 Å². The average molecular weight is 521 g/mol. The molecule has 9 nitrogen and oxygen atoms in total. The lowest BCUT2D eigenvalue weighted by atomic mass is 10.2. The second kappa shape index (κ2) is 8.57. The van der Waals surface area contributed by atoms with Gasteiger partial charge in [0.25, 0.3) is 15.6 Å². The number of benzene rings is 2. The zero-order chi connectivity index (χ0) is 22.0. The molecular formula is C19H13BrN4O5S2. The first-order chi connectivity index (χ1) is 14.8. The van der Waals surface area contributed by atoms with E-state index in [4.69, 9.17) is 4.74 Å². The van der Waals surface area contributed by atoms with Crippen molar-refractivity contribution in [2.75, 3.05) is 4.72 Å². The minimum absolute atomic E-state index is 0.157. The van der Waals surface area contributed by atoms with Gasteiger partial charge < -0.3 is 4.74 Å². The minimum Gasteiger partial charge on any atom is -0.439 e. The first-order valence-corrected chi connectivity index (χ1v) is 11.8. The monoisotopic (exact) mass is 520 g/mol. The van der Waals surface area contributed by atoms with Crippen molar-refractivity contribution >= 4 is 59.8 Å². The van der Waals surface area contributed by atoms with Gasteiger partial charge in [-0.15, -0.1) is 16.4 Å². The second-order valence-corrected chi connectivity index (χ2v) is 10.6. The molecule has 0 saturated carbocycles. The molecule has 0 fully saturated rings. The normalized spacial score (nSPS) is 11.4. The summed E-state index contributed by atoms with van der Waals surface area (Å²) in [4.78, 5) is 24.7. The quantitative estimate of drug-likeness (QED) is 0.387. The third-order valence-electron chi connectivity index (χ3n) is 4.13. The van der Waals surface area contributed by atoms with Crippen LogP contribution in [0.5, 0.6) is 0 Å². The highest BCUT2D eigenvalue weighted by molar-refractivity contribution is 9.11. The molecule has 0 aliphatic rings. The van der Waals surface area contributed by atoms with E-state index in [0.29, 0.717) is 14.7 Å². The summed E-state index contributed by atoms with van der Waals surface area (Å²) in [5.74, 6) is -0.696. The Labute approximate surface area is 188 Å². The Balaban J connectivity index is 1.43. The summed E-state index contributed by atoms with van der Waals surface area (Å²) >= 11 is 4.31. The number of rotatable bonds is 6. The molecule has 0 radical (unpaired) electrons. The number of carbonyl (C=O) groups excluding carboxylic acids is 1. The summed E-state index contributed by atoms with van der Waals surface area (Å²) in [6, 6.07) is 15.6. The molecule has 0 amide bonds. The van der Waals surface area contributed by atoms with Crippen molar-refractivity contribution in [2.45, 2.75) is 10.9 Å². The molecule has 12 heteroatoms. The van der Waals surface area contributed by atoms with Crippen molar-refractivity contribution in [2.24, 2.45) is 0 Å². The SMILES string of the molecule is O=C(OCn1nnc2ccccc2c1=O)c1ccc(NS(=O)(=O)c2ccc(Br)s2)cc1. The van der Waals surface area contributed by atoms with Crippen LogP contribution in [0.25, 0.3) is 10.9 Å². The predicted octanol–water partition coefficient (Wildman–Crippen LogP) is 3.23. The van der Waals surface area contributed by atoms with Crippen molar-refractivity contribution in [1.29, 1.82) is 0 Å². The van der Waals surface area contributed by atoms with Crippen molar-refractivity contribution < 1.29 is 17.9 Å². The molecule has 1 N–H and O–H groups in total. The van der Waals surface area contributed by atoms with Crippen molar-refractivity contribution in [3.8, 4) is 0 Å². The number of fused-ring (bicyclic) bond motifs is 1. The molecule has 4 aromatic rings. The van der Waals surface area contributed by atoms with E-state index < -0.39 is 28.3 Å². The Morgan fingerprint density at radius 3 is 2.55 bits per heavy atom. The number of nitrogens with zero attached hydrogens (tertiary/aromatic N) is 3. The second-order valence-electron chi connectivity index (χ2n) is 6.21. The summed E-state index contributed by atoms with van der Waals surface area (Å²) in [5.41, 5.74) is 0.493. The number of carbonyl (C=O) groups is 1. The van der Waals surface area contributed by atoms with Crippen LogP contribution in [0.3, 0.4) is 0 Å². The Kier molecular flexibility index (Phi) is 5.85. The average Bonchev–Trinajstić information content (AvgIpc) is 3.21. The van der Waals surface area contributed by atoms with Gasteiger partial charge in [-0.3, -0.25) is 9.52 Å². The maximum atomic E-state index is 12.4. The fourth-order valence-corrected chi connectivity index (χ4v) is 5.70. The van der Waals surface area contributed by atoms with Crippen LogP contribution in [0.15, 0.2) is 73.5 Å². The van der Waals surface area contributed by atoms with E-state index in [0.717, 1.165) is 16.0 Å². The number of esters is 1. The number of ether oxygens (including phenoxy) is 1. The number of nitrogens with one attached hydrogen (secondary N) is 1. The highest BCUT2D eigenvalue weighted by atomic mass is 79.9. The molecule has 0 saturated heterocycles. The van der Waals surface area contributed by atoms with Crippen LogP contribution in [-0.4, -0.2) is 29.4 Å². The molecule has 2 heterocycles. The maximum absolute atomic E-state index is 12.4. The van der Waals surface area contributed by atoms with Crippen molar-refractivity contribution in [1.82, 2.24) is 15.0 Å². The van der Waals surface area contributed by atoms with Crippen molar-refractivity contribution in [3.05, 3.63) is 80.4 Å². The minimum atomic E-state index is -3.73. The van der Waals surface area contributed by atoms with E-state index in [-0.39, 0.29) is 15.5 Å². The first-order valence-electron chi connectivity index (χ1n) is 8.71. The molecule has 4 rings (SSSR count). The van der Waals surface area contributed by atoms with Gasteiger partial charge in [-0.05, 0) is 64.5 Å². The number of halogens is 1. The van der Waals surface area contributed by atoms with E-state index in [1.165, 1.54) is 30.3 Å². The van der Waals surface area contributed by atoms with Crippen molar-refractivity contribution in [3.63, 3.8) is 0 Å². The third-order valence-corrected chi connectivity index (χ3v) is 7.63. The van der Waals surface area contributed by atoms with Gasteiger partial charge in [-0.2, -0.15) is 4.68 Å². The fourth-order valence-electron chi connectivity index (χ4n) is 2.63. The third kappa shape index (κ3) is 4.65. The fraction of sp³-hybridized carbons (Fsp3) is 0.0526. The van der Waals surface area contributed by atoms with E-state index in [1.807, 2.05) is 0 Å². The molecule has 2 aromatic carbocycles. The lowest BCUT2D eigenvalue weighted by Crippen LogP contribution is -2.26. The molecule has 158 valence electrons. The molecule has 0 aliphatic carbocycles. The summed E-state index contributed by atoms with van der Waals surface area (Å²) in [6.07, 6.45) is 0. The topological polar surface area (TPSA) is 120 Å². The number of thiophene rings is 1. The number of anilines is 1. The van der Waals surface area contributed by atoms with Gasteiger partial charge in [-0.25, -0.2) is 13.2 Å². The van der Waals surface area contributed by atoms with Crippen LogP contribution in [0.2, 0.25) is 0 Å². The zero-order valence-corrected chi connectivity index (χ0v) is 18.8. The maximum Gasteiger partial charge on any atom is 0.339 e. The number of hydrogen-bond acceptors (Lipinski definition) is 8. The standard InChI is InChI=1S/C19H13BrN4O5S2/c20-16-9-10-17(30-16)31(27,28)22-13-7-5-12(6-8-13)19(26)29-11-24-18(25)14-3-1-2-4-15(14)21-23-24/h1-10,22H,11H2. The molecule has 0 atom stereocenters. The van der Waals surface area contributed by atoms with Gasteiger partial charge in [0.2, 0.25) is 0 Å². The summed E-state index contributed by atoms with van der Waals surface area (Å²) < 4.78 is 34.1. The Morgan fingerprint density at radius 1 is 1.10 bits per heavy atom.